The Balaban J connectivity index is 2.07. The Morgan fingerprint density at radius 1 is 1.53 bits per heavy atom. The minimum absolute atomic E-state index is 0.00171. The van der Waals surface area contributed by atoms with Crippen molar-refractivity contribution in [1.29, 1.82) is 0 Å². The van der Waals surface area contributed by atoms with Gasteiger partial charge in [-0.15, -0.1) is 11.3 Å². The molecule has 0 aliphatic heterocycles. The minimum Gasteiger partial charge on any atom is -0.390 e. The summed E-state index contributed by atoms with van der Waals surface area (Å²) in [6.45, 7) is 1.93. The van der Waals surface area contributed by atoms with Crippen LogP contribution in [0.25, 0.3) is 0 Å². The standard InChI is InChI=1S/C11H16N2OS/c1-7-6-15-10(12)9(7)11(14)13-8-4-2-3-5-8/h6,8H,2-5,12H2,1H3,(H,13,14). The van der Waals surface area contributed by atoms with Crippen LogP contribution in [0.1, 0.15) is 41.6 Å². The van der Waals surface area contributed by atoms with Crippen molar-refractivity contribution in [2.45, 2.75) is 38.6 Å². The summed E-state index contributed by atoms with van der Waals surface area (Å²) in [5.41, 5.74) is 7.43. The molecule has 0 aromatic carbocycles. The van der Waals surface area contributed by atoms with Crippen molar-refractivity contribution in [3.05, 3.63) is 16.5 Å². The number of aryl methyl sites for hydroxylation is 1. The molecule has 0 bridgehead atoms. The van der Waals surface area contributed by atoms with Crippen molar-refractivity contribution in [1.82, 2.24) is 5.32 Å². The number of hydrogen-bond acceptors (Lipinski definition) is 3. The Hall–Kier alpha value is -1.03. The average molecular weight is 224 g/mol. The van der Waals surface area contributed by atoms with E-state index < -0.39 is 0 Å². The van der Waals surface area contributed by atoms with Crippen molar-refractivity contribution in [3.8, 4) is 0 Å². The molecule has 1 fully saturated rings. The molecular formula is C11H16N2OS. The maximum absolute atomic E-state index is 11.9. The third-order valence-electron chi connectivity index (χ3n) is 2.92. The van der Waals surface area contributed by atoms with Crippen molar-refractivity contribution < 1.29 is 4.79 Å². The van der Waals surface area contributed by atoms with E-state index in [-0.39, 0.29) is 5.91 Å². The molecule has 2 rings (SSSR count). The van der Waals surface area contributed by atoms with Crippen molar-refractivity contribution in [2.75, 3.05) is 5.73 Å². The summed E-state index contributed by atoms with van der Waals surface area (Å²) in [7, 11) is 0. The van der Waals surface area contributed by atoms with Crippen LogP contribution >= 0.6 is 11.3 Å². The second-order valence-electron chi connectivity index (χ2n) is 4.11. The van der Waals surface area contributed by atoms with E-state index >= 15 is 0 Å². The third-order valence-corrected chi connectivity index (χ3v) is 3.85. The summed E-state index contributed by atoms with van der Waals surface area (Å²) < 4.78 is 0. The SMILES string of the molecule is Cc1csc(N)c1C(=O)NC1CCCC1. The molecule has 0 saturated heterocycles. The quantitative estimate of drug-likeness (QED) is 0.810. The number of hydrogen-bond donors (Lipinski definition) is 2. The summed E-state index contributed by atoms with van der Waals surface area (Å²) in [4.78, 5) is 11.9. The van der Waals surface area contributed by atoms with Gasteiger partial charge >= 0.3 is 0 Å². The van der Waals surface area contributed by atoms with Gasteiger partial charge in [0.1, 0.15) is 0 Å². The molecule has 1 aliphatic carbocycles. The van der Waals surface area contributed by atoms with Gasteiger partial charge in [0.15, 0.2) is 0 Å². The molecule has 15 heavy (non-hydrogen) atoms. The molecule has 3 N–H and O–H groups in total. The lowest BCUT2D eigenvalue weighted by molar-refractivity contribution is 0.0938. The first-order chi connectivity index (χ1) is 7.18. The van der Waals surface area contributed by atoms with Crippen molar-refractivity contribution in [3.63, 3.8) is 0 Å². The molecule has 0 spiro atoms. The zero-order valence-electron chi connectivity index (χ0n) is 8.88. The van der Waals surface area contributed by atoms with E-state index in [1.165, 1.54) is 24.2 Å². The summed E-state index contributed by atoms with van der Waals surface area (Å²) >= 11 is 1.43. The summed E-state index contributed by atoms with van der Waals surface area (Å²) in [6.07, 6.45) is 4.66. The number of rotatable bonds is 2. The zero-order chi connectivity index (χ0) is 10.8. The number of amides is 1. The van der Waals surface area contributed by atoms with E-state index in [2.05, 4.69) is 5.32 Å². The van der Waals surface area contributed by atoms with Gasteiger partial charge < -0.3 is 11.1 Å². The molecule has 3 nitrogen and oxygen atoms in total. The molecule has 1 saturated carbocycles. The monoisotopic (exact) mass is 224 g/mol. The fourth-order valence-electron chi connectivity index (χ4n) is 2.08. The number of carbonyl (C=O) groups excluding carboxylic acids is 1. The maximum atomic E-state index is 11.9. The number of anilines is 1. The second-order valence-corrected chi connectivity index (χ2v) is 5.02. The van der Waals surface area contributed by atoms with Crippen LogP contribution in [-0.2, 0) is 0 Å². The molecule has 1 heterocycles. The van der Waals surface area contributed by atoms with Crippen molar-refractivity contribution >= 4 is 22.2 Å². The van der Waals surface area contributed by atoms with Crippen LogP contribution in [0.4, 0.5) is 5.00 Å². The van der Waals surface area contributed by atoms with Crippen molar-refractivity contribution in [2.24, 2.45) is 0 Å². The first-order valence-corrected chi connectivity index (χ1v) is 6.21. The van der Waals surface area contributed by atoms with Crippen LogP contribution in [-0.4, -0.2) is 11.9 Å². The highest BCUT2D eigenvalue weighted by Crippen LogP contribution is 2.25. The smallest absolute Gasteiger partial charge is 0.254 e. The van der Waals surface area contributed by atoms with E-state index in [0.29, 0.717) is 16.6 Å². The Kier molecular flexibility index (Phi) is 2.95. The van der Waals surface area contributed by atoms with E-state index in [4.69, 9.17) is 5.73 Å². The number of nitrogens with two attached hydrogens (primary N) is 1. The fourth-order valence-corrected chi connectivity index (χ4v) is 2.88. The molecule has 82 valence electrons. The minimum atomic E-state index is -0.00171. The molecule has 0 unspecified atom stereocenters. The zero-order valence-corrected chi connectivity index (χ0v) is 9.69. The largest absolute Gasteiger partial charge is 0.390 e. The number of carbonyl (C=O) groups is 1. The molecule has 1 aromatic rings. The predicted molar refractivity (Wildman–Crippen MR) is 63.2 cm³/mol. The van der Waals surface area contributed by atoms with Gasteiger partial charge in [0.2, 0.25) is 0 Å². The topological polar surface area (TPSA) is 55.1 Å². The highest BCUT2D eigenvalue weighted by atomic mass is 32.1. The van der Waals surface area contributed by atoms with Crippen LogP contribution in [0.2, 0.25) is 0 Å². The van der Waals surface area contributed by atoms with Crippen LogP contribution in [0, 0.1) is 6.92 Å². The van der Waals surface area contributed by atoms with Gasteiger partial charge in [0, 0.05) is 6.04 Å². The first-order valence-electron chi connectivity index (χ1n) is 5.33. The lowest BCUT2D eigenvalue weighted by atomic mass is 10.1. The van der Waals surface area contributed by atoms with Gasteiger partial charge in [-0.1, -0.05) is 12.8 Å². The highest BCUT2D eigenvalue weighted by molar-refractivity contribution is 7.14. The number of thiophene rings is 1. The average Bonchev–Trinajstić information content (AvgIpc) is 2.77. The van der Waals surface area contributed by atoms with Gasteiger partial charge in [-0.25, -0.2) is 0 Å². The second kappa shape index (κ2) is 4.23. The van der Waals surface area contributed by atoms with E-state index in [1.54, 1.807) is 0 Å². The van der Waals surface area contributed by atoms with Gasteiger partial charge in [-0.2, -0.15) is 0 Å². The molecule has 1 aliphatic rings. The van der Waals surface area contributed by atoms with Gasteiger partial charge in [-0.3, -0.25) is 4.79 Å². The Labute approximate surface area is 93.7 Å². The molecule has 0 atom stereocenters. The number of nitrogens with one attached hydrogen (secondary N) is 1. The predicted octanol–water partition coefficient (Wildman–Crippen LogP) is 2.31. The van der Waals surface area contributed by atoms with E-state index in [0.717, 1.165) is 18.4 Å². The maximum Gasteiger partial charge on any atom is 0.254 e. The molecular weight excluding hydrogens is 208 g/mol. The van der Waals surface area contributed by atoms with Gasteiger partial charge in [0.25, 0.3) is 5.91 Å². The summed E-state index contributed by atoms with van der Waals surface area (Å²) in [5.74, 6) is -0.00171. The Morgan fingerprint density at radius 2 is 2.20 bits per heavy atom. The Bertz CT molecular complexity index is 347. The van der Waals surface area contributed by atoms with Crippen LogP contribution < -0.4 is 11.1 Å². The van der Waals surface area contributed by atoms with E-state index in [9.17, 15) is 4.79 Å². The highest BCUT2D eigenvalue weighted by Gasteiger charge is 2.20. The van der Waals surface area contributed by atoms with Crippen LogP contribution in [0.3, 0.4) is 0 Å². The summed E-state index contributed by atoms with van der Waals surface area (Å²) in [5, 5.41) is 5.61. The number of nitrogen functional groups attached to an aromatic ring is 1. The van der Waals surface area contributed by atoms with Gasteiger partial charge in [-0.05, 0) is 30.7 Å². The van der Waals surface area contributed by atoms with Crippen LogP contribution in [0.15, 0.2) is 5.38 Å². The fraction of sp³-hybridized carbons (Fsp3) is 0.545. The van der Waals surface area contributed by atoms with Crippen LogP contribution in [0.5, 0.6) is 0 Å². The third kappa shape index (κ3) is 2.15. The normalized spacial score (nSPS) is 16.9. The first kappa shape index (κ1) is 10.5. The lowest BCUT2D eigenvalue weighted by Crippen LogP contribution is -2.33. The lowest BCUT2D eigenvalue weighted by Gasteiger charge is -2.12. The molecule has 1 aromatic heterocycles. The summed E-state index contributed by atoms with van der Waals surface area (Å²) in [6, 6.07) is 0.358. The molecule has 4 heteroatoms. The molecule has 1 amide bonds. The Morgan fingerprint density at radius 3 is 2.73 bits per heavy atom. The van der Waals surface area contributed by atoms with Gasteiger partial charge in [0.05, 0.1) is 10.6 Å². The molecule has 0 radical (unpaired) electrons. The van der Waals surface area contributed by atoms with E-state index in [1.807, 2.05) is 12.3 Å².